The number of hydrogen-bond acceptors (Lipinski definition) is 3. The van der Waals surface area contributed by atoms with E-state index in [1.165, 1.54) is 11.1 Å². The Morgan fingerprint density at radius 1 is 1.25 bits per heavy atom. The fourth-order valence-corrected chi connectivity index (χ4v) is 2.21. The summed E-state index contributed by atoms with van der Waals surface area (Å²) in [4.78, 5) is 6.46. The average Bonchev–Trinajstić information content (AvgIpc) is 2.84. The number of hydrogen-bond donors (Lipinski definition) is 0. The first-order valence-corrected chi connectivity index (χ1v) is 5.40. The van der Waals surface area contributed by atoms with Crippen molar-refractivity contribution in [3.63, 3.8) is 0 Å². The molecule has 5 heteroatoms. The van der Waals surface area contributed by atoms with Gasteiger partial charge in [-0.2, -0.15) is 0 Å². The summed E-state index contributed by atoms with van der Waals surface area (Å²) in [5.41, 5.74) is 2.60. The highest BCUT2D eigenvalue weighted by Crippen LogP contribution is 2.26. The van der Waals surface area contributed by atoms with Crippen molar-refractivity contribution in [2.45, 2.75) is 13.1 Å². The summed E-state index contributed by atoms with van der Waals surface area (Å²) >= 11 is 5.95. The first kappa shape index (κ1) is 11.6. The Morgan fingerprint density at radius 2 is 2.06 bits per heavy atom. The van der Waals surface area contributed by atoms with Gasteiger partial charge in [-0.25, -0.2) is 4.99 Å². The van der Waals surface area contributed by atoms with Crippen LogP contribution < -0.4 is 0 Å². The minimum atomic E-state index is 0. The van der Waals surface area contributed by atoms with E-state index in [-0.39, 0.29) is 12.4 Å². The molecule has 1 aromatic carbocycles. The lowest BCUT2D eigenvalue weighted by molar-refractivity contribution is 0.265. The maximum Gasteiger partial charge on any atom is 0.288 e. The highest BCUT2D eigenvalue weighted by Gasteiger charge is 2.24. The first-order chi connectivity index (χ1) is 7.33. The monoisotopic (exact) mass is 258 g/mol. The highest BCUT2D eigenvalue weighted by molar-refractivity contribution is 6.30. The standard InChI is InChI=1S/C11H11ClN2O.ClH/c12-10-2-1-8-6-14(7-9(8)5-10)11-13-3-4-15-11;/h1-2,5H,3-4,6-7H2;1H. The predicted octanol–water partition coefficient (Wildman–Crippen LogP) is 2.46. The van der Waals surface area contributed by atoms with Crippen LogP contribution in [0.1, 0.15) is 11.1 Å². The second-order valence-corrected chi connectivity index (χ2v) is 4.22. The van der Waals surface area contributed by atoms with Gasteiger partial charge in [-0.15, -0.1) is 12.4 Å². The molecule has 0 radical (unpaired) electrons. The third-order valence-electron chi connectivity index (χ3n) is 2.73. The number of rotatable bonds is 0. The van der Waals surface area contributed by atoms with E-state index in [0.29, 0.717) is 6.61 Å². The minimum absolute atomic E-state index is 0. The Labute approximate surface area is 105 Å². The van der Waals surface area contributed by atoms with Gasteiger partial charge in [-0.3, -0.25) is 0 Å². The van der Waals surface area contributed by atoms with E-state index in [4.69, 9.17) is 16.3 Å². The molecule has 0 atom stereocenters. The molecular formula is C11H12Cl2N2O. The van der Waals surface area contributed by atoms with Crippen molar-refractivity contribution in [2.75, 3.05) is 13.2 Å². The van der Waals surface area contributed by atoms with Crippen molar-refractivity contribution in [3.05, 3.63) is 34.3 Å². The maximum absolute atomic E-state index is 5.95. The number of halogens is 2. The highest BCUT2D eigenvalue weighted by atomic mass is 35.5. The summed E-state index contributed by atoms with van der Waals surface area (Å²) in [6.45, 7) is 3.23. The largest absolute Gasteiger partial charge is 0.463 e. The first-order valence-electron chi connectivity index (χ1n) is 5.02. The van der Waals surface area contributed by atoms with Crippen LogP contribution in [0, 0.1) is 0 Å². The van der Waals surface area contributed by atoms with Crippen molar-refractivity contribution >= 4 is 30.0 Å². The molecule has 0 N–H and O–H groups in total. The molecule has 3 rings (SSSR count). The Hall–Kier alpha value is -0.930. The van der Waals surface area contributed by atoms with Gasteiger partial charge < -0.3 is 9.64 Å². The second-order valence-electron chi connectivity index (χ2n) is 3.78. The Bertz CT molecular complexity index is 434. The molecule has 2 aliphatic rings. The van der Waals surface area contributed by atoms with Crippen LogP contribution in [-0.2, 0) is 17.8 Å². The molecule has 0 fully saturated rings. The molecule has 0 amide bonds. The van der Waals surface area contributed by atoms with Crippen LogP contribution in [0.4, 0.5) is 0 Å². The third-order valence-corrected chi connectivity index (χ3v) is 2.97. The van der Waals surface area contributed by atoms with E-state index in [1.54, 1.807) is 0 Å². The number of aliphatic imine (C=N–C) groups is 1. The van der Waals surface area contributed by atoms with Gasteiger partial charge in [0.25, 0.3) is 6.02 Å². The quantitative estimate of drug-likeness (QED) is 0.715. The van der Waals surface area contributed by atoms with Crippen LogP contribution in [0.15, 0.2) is 23.2 Å². The van der Waals surface area contributed by atoms with Crippen LogP contribution in [0.2, 0.25) is 5.02 Å². The molecule has 0 spiro atoms. The second kappa shape index (κ2) is 4.52. The van der Waals surface area contributed by atoms with Crippen LogP contribution in [0.5, 0.6) is 0 Å². The van der Waals surface area contributed by atoms with Gasteiger partial charge in [-0.05, 0) is 23.3 Å². The SMILES string of the molecule is Cl.Clc1ccc2c(c1)CN(C1=NCCO1)C2. The molecule has 86 valence electrons. The van der Waals surface area contributed by atoms with Crippen molar-refractivity contribution in [2.24, 2.45) is 4.99 Å². The van der Waals surface area contributed by atoms with Crippen LogP contribution in [0.25, 0.3) is 0 Å². The molecule has 2 aliphatic heterocycles. The lowest BCUT2D eigenvalue weighted by Crippen LogP contribution is -2.25. The van der Waals surface area contributed by atoms with E-state index in [0.717, 1.165) is 30.7 Å². The van der Waals surface area contributed by atoms with Gasteiger partial charge in [0.15, 0.2) is 0 Å². The number of fused-ring (bicyclic) bond motifs is 1. The molecule has 0 saturated carbocycles. The molecule has 0 aromatic heterocycles. The zero-order valence-corrected chi connectivity index (χ0v) is 10.2. The van der Waals surface area contributed by atoms with E-state index < -0.39 is 0 Å². The predicted molar refractivity (Wildman–Crippen MR) is 66.2 cm³/mol. The fourth-order valence-electron chi connectivity index (χ4n) is 2.01. The van der Waals surface area contributed by atoms with E-state index in [9.17, 15) is 0 Å². The summed E-state index contributed by atoms with van der Waals surface area (Å²) in [7, 11) is 0. The Balaban J connectivity index is 0.000000963. The zero-order chi connectivity index (χ0) is 10.3. The molecule has 3 nitrogen and oxygen atoms in total. The lowest BCUT2D eigenvalue weighted by atomic mass is 10.1. The Morgan fingerprint density at radius 3 is 2.81 bits per heavy atom. The lowest BCUT2D eigenvalue weighted by Gasteiger charge is -2.15. The Kier molecular flexibility index (Phi) is 3.26. The summed E-state index contributed by atoms with van der Waals surface area (Å²) in [6, 6.07) is 6.81. The van der Waals surface area contributed by atoms with Crippen LogP contribution >= 0.6 is 24.0 Å². The number of ether oxygens (including phenoxy) is 1. The number of amidine groups is 1. The number of benzene rings is 1. The van der Waals surface area contributed by atoms with E-state index in [2.05, 4.69) is 16.0 Å². The molecule has 0 aliphatic carbocycles. The van der Waals surface area contributed by atoms with E-state index in [1.807, 2.05) is 12.1 Å². The summed E-state index contributed by atoms with van der Waals surface area (Å²) in [5.74, 6) is 0. The van der Waals surface area contributed by atoms with Gasteiger partial charge in [-0.1, -0.05) is 17.7 Å². The van der Waals surface area contributed by atoms with Crippen molar-refractivity contribution < 1.29 is 4.74 Å². The van der Waals surface area contributed by atoms with Crippen molar-refractivity contribution in [3.8, 4) is 0 Å². The molecule has 1 aromatic rings. The third kappa shape index (κ3) is 1.97. The molecular weight excluding hydrogens is 247 g/mol. The topological polar surface area (TPSA) is 24.8 Å². The maximum atomic E-state index is 5.95. The molecule has 0 saturated heterocycles. The van der Waals surface area contributed by atoms with Gasteiger partial charge in [0.1, 0.15) is 6.61 Å². The van der Waals surface area contributed by atoms with Crippen molar-refractivity contribution in [1.29, 1.82) is 0 Å². The average molecular weight is 259 g/mol. The molecule has 16 heavy (non-hydrogen) atoms. The smallest absolute Gasteiger partial charge is 0.288 e. The van der Waals surface area contributed by atoms with Crippen LogP contribution in [0.3, 0.4) is 0 Å². The summed E-state index contributed by atoms with van der Waals surface area (Å²) in [6.07, 6.45) is 0. The fraction of sp³-hybridized carbons (Fsp3) is 0.364. The summed E-state index contributed by atoms with van der Waals surface area (Å²) < 4.78 is 5.44. The number of nitrogens with zero attached hydrogens (tertiary/aromatic N) is 2. The summed E-state index contributed by atoms with van der Waals surface area (Å²) in [5, 5.41) is 0.796. The van der Waals surface area contributed by atoms with Gasteiger partial charge >= 0.3 is 0 Å². The van der Waals surface area contributed by atoms with Crippen molar-refractivity contribution in [1.82, 2.24) is 4.90 Å². The van der Waals surface area contributed by atoms with Gasteiger partial charge in [0, 0.05) is 18.1 Å². The van der Waals surface area contributed by atoms with Gasteiger partial charge in [0.05, 0.1) is 6.54 Å². The molecule has 2 heterocycles. The molecule has 0 bridgehead atoms. The van der Waals surface area contributed by atoms with Crippen LogP contribution in [-0.4, -0.2) is 24.1 Å². The zero-order valence-electron chi connectivity index (χ0n) is 8.65. The normalized spacial score (nSPS) is 17.6. The van der Waals surface area contributed by atoms with Gasteiger partial charge in [0.2, 0.25) is 0 Å². The molecule has 0 unspecified atom stereocenters. The van der Waals surface area contributed by atoms with E-state index >= 15 is 0 Å². The minimum Gasteiger partial charge on any atom is -0.463 e.